The Morgan fingerprint density at radius 1 is 1.36 bits per heavy atom. The van der Waals surface area contributed by atoms with E-state index >= 15 is 0 Å². The van der Waals surface area contributed by atoms with E-state index in [9.17, 15) is 9.59 Å². The van der Waals surface area contributed by atoms with Crippen LogP contribution < -0.4 is 0 Å². The first kappa shape index (κ1) is 7.96. The molecule has 0 atom stereocenters. The largest absolute Gasteiger partial charge is 0.398 e. The van der Waals surface area contributed by atoms with E-state index in [1.807, 2.05) is 0 Å². The summed E-state index contributed by atoms with van der Waals surface area (Å²) in [6.07, 6.45) is -0.539. The van der Waals surface area contributed by atoms with Crippen LogP contribution in [0, 0.1) is 0 Å². The zero-order valence-corrected chi connectivity index (χ0v) is 5.44. The van der Waals surface area contributed by atoms with E-state index < -0.39 is 30.9 Å². The molecule has 6 nitrogen and oxygen atoms in total. The van der Waals surface area contributed by atoms with Gasteiger partial charge in [-0.15, -0.1) is 0 Å². The molecule has 1 fully saturated rings. The van der Waals surface area contributed by atoms with Crippen LogP contribution in [0.2, 0.25) is 0 Å². The molecule has 6 heteroatoms. The van der Waals surface area contributed by atoms with Crippen LogP contribution in [0.25, 0.3) is 0 Å². The quantitative estimate of drug-likeness (QED) is 0.346. The third kappa shape index (κ3) is 1.66. The normalized spacial score (nSPS) is 22.4. The van der Waals surface area contributed by atoms with Crippen molar-refractivity contribution < 1.29 is 29.3 Å². The maximum Gasteiger partial charge on any atom is 0.398 e. The van der Waals surface area contributed by atoms with Crippen molar-refractivity contribution in [3.8, 4) is 0 Å². The van der Waals surface area contributed by atoms with Gasteiger partial charge in [-0.2, -0.15) is 0 Å². The first-order valence-corrected chi connectivity index (χ1v) is 2.83. The van der Waals surface area contributed by atoms with Gasteiger partial charge in [-0.3, -0.25) is 9.59 Å². The molecule has 0 bridgehead atoms. The number of ether oxygens (including phenoxy) is 2. The molecule has 0 saturated carbocycles. The van der Waals surface area contributed by atoms with Crippen LogP contribution in [0.4, 0.5) is 0 Å². The molecule has 0 aliphatic carbocycles. The number of aliphatic hydroxyl groups is 2. The zero-order chi connectivity index (χ0) is 8.48. The Balaban J connectivity index is 2.70. The molecule has 0 aromatic carbocycles. The average molecular weight is 162 g/mol. The molecule has 0 aromatic heterocycles. The van der Waals surface area contributed by atoms with Gasteiger partial charge in [0.1, 0.15) is 13.0 Å². The topological polar surface area (TPSA) is 93.1 Å². The van der Waals surface area contributed by atoms with Gasteiger partial charge >= 0.3 is 17.9 Å². The van der Waals surface area contributed by atoms with Gasteiger partial charge < -0.3 is 19.7 Å². The second-order valence-electron chi connectivity index (χ2n) is 2.00. The summed E-state index contributed by atoms with van der Waals surface area (Å²) in [6, 6.07) is 0. The molecule has 1 aliphatic heterocycles. The van der Waals surface area contributed by atoms with Gasteiger partial charge in [0.25, 0.3) is 0 Å². The van der Waals surface area contributed by atoms with Crippen molar-refractivity contribution in [2.24, 2.45) is 0 Å². The molecule has 1 heterocycles. The van der Waals surface area contributed by atoms with E-state index in [0.717, 1.165) is 0 Å². The second kappa shape index (κ2) is 2.48. The monoisotopic (exact) mass is 162 g/mol. The minimum atomic E-state index is -2.48. The zero-order valence-electron chi connectivity index (χ0n) is 5.44. The summed E-state index contributed by atoms with van der Waals surface area (Å²) in [6.45, 7) is -0.968. The maximum atomic E-state index is 10.5. The summed E-state index contributed by atoms with van der Waals surface area (Å²) in [5.74, 6) is -4.32. The van der Waals surface area contributed by atoms with E-state index in [1.165, 1.54) is 0 Å². The third-order valence-electron chi connectivity index (χ3n) is 1.04. The van der Waals surface area contributed by atoms with Crippen LogP contribution in [0.5, 0.6) is 0 Å². The number of aliphatic hydroxyl groups excluding tert-OH is 1. The number of hydrogen-bond donors (Lipinski definition) is 2. The van der Waals surface area contributed by atoms with Crippen molar-refractivity contribution in [3.63, 3.8) is 0 Å². The highest BCUT2D eigenvalue weighted by molar-refractivity contribution is 5.92. The molecule has 0 amide bonds. The number of carbonyl (C=O) groups excluding carboxylic acids is 2. The predicted octanol–water partition coefficient (Wildman–Crippen LogP) is -1.89. The van der Waals surface area contributed by atoms with Gasteiger partial charge in [0.2, 0.25) is 0 Å². The summed E-state index contributed by atoms with van der Waals surface area (Å²) in [4.78, 5) is 20.9. The van der Waals surface area contributed by atoms with Crippen molar-refractivity contribution in [3.05, 3.63) is 0 Å². The fourth-order valence-electron chi connectivity index (χ4n) is 0.631. The van der Waals surface area contributed by atoms with Crippen molar-refractivity contribution >= 4 is 11.9 Å². The highest BCUT2D eigenvalue weighted by atomic mass is 16.9. The predicted molar refractivity (Wildman–Crippen MR) is 28.8 cm³/mol. The lowest BCUT2D eigenvalue weighted by molar-refractivity contribution is -0.346. The molecule has 2 N–H and O–H groups in total. The van der Waals surface area contributed by atoms with Crippen LogP contribution in [-0.2, 0) is 19.1 Å². The van der Waals surface area contributed by atoms with Crippen molar-refractivity contribution in [2.45, 2.75) is 12.4 Å². The van der Waals surface area contributed by atoms with Crippen LogP contribution >= 0.6 is 0 Å². The second-order valence-corrected chi connectivity index (χ2v) is 2.00. The molecular formula is C5H6O6. The Hall–Kier alpha value is -1.14. The molecule has 0 aromatic rings. The average Bonchev–Trinajstić information content (AvgIpc) is 1.84. The number of cyclic esters (lactones) is 2. The Bertz CT molecular complexity index is 181. The first-order valence-electron chi connectivity index (χ1n) is 2.83. The number of carbonyl (C=O) groups is 2. The van der Waals surface area contributed by atoms with Crippen LogP contribution in [-0.4, -0.2) is 34.7 Å². The van der Waals surface area contributed by atoms with Gasteiger partial charge in [-0.25, -0.2) is 0 Å². The molecule has 1 aliphatic rings. The lowest BCUT2D eigenvalue weighted by atomic mass is 10.4. The fourth-order valence-corrected chi connectivity index (χ4v) is 0.631. The molecule has 0 radical (unpaired) electrons. The molecule has 11 heavy (non-hydrogen) atoms. The Labute approximate surface area is 61.3 Å². The van der Waals surface area contributed by atoms with Crippen molar-refractivity contribution in [1.29, 1.82) is 0 Å². The lowest BCUT2D eigenvalue weighted by Crippen LogP contribution is -2.47. The molecule has 62 valence electrons. The molecular weight excluding hydrogens is 156 g/mol. The highest BCUT2D eigenvalue weighted by Gasteiger charge is 2.41. The lowest BCUT2D eigenvalue weighted by Gasteiger charge is -2.27. The number of esters is 2. The third-order valence-corrected chi connectivity index (χ3v) is 1.04. The Kier molecular flexibility index (Phi) is 1.79. The Morgan fingerprint density at radius 2 is 1.82 bits per heavy atom. The van der Waals surface area contributed by atoms with E-state index in [0.29, 0.717) is 0 Å². The molecule has 1 saturated heterocycles. The first-order chi connectivity index (χ1) is 5.06. The van der Waals surface area contributed by atoms with Gasteiger partial charge in [0, 0.05) is 0 Å². The van der Waals surface area contributed by atoms with Crippen molar-refractivity contribution in [2.75, 3.05) is 6.61 Å². The number of hydrogen-bond acceptors (Lipinski definition) is 6. The summed E-state index contributed by atoms with van der Waals surface area (Å²) < 4.78 is 8.23. The SMILES string of the molecule is O=C1CC(=O)OC(O)(CO)O1. The van der Waals surface area contributed by atoms with Crippen LogP contribution in [0.3, 0.4) is 0 Å². The summed E-state index contributed by atoms with van der Waals surface area (Å²) in [5.41, 5.74) is 0. The molecule has 0 unspecified atom stereocenters. The van der Waals surface area contributed by atoms with E-state index in [-0.39, 0.29) is 0 Å². The van der Waals surface area contributed by atoms with Crippen LogP contribution in [0.15, 0.2) is 0 Å². The van der Waals surface area contributed by atoms with Crippen LogP contribution in [0.1, 0.15) is 6.42 Å². The summed E-state index contributed by atoms with van der Waals surface area (Å²) in [5, 5.41) is 17.3. The fraction of sp³-hybridized carbons (Fsp3) is 0.600. The summed E-state index contributed by atoms with van der Waals surface area (Å²) in [7, 11) is 0. The van der Waals surface area contributed by atoms with E-state index in [1.54, 1.807) is 0 Å². The summed E-state index contributed by atoms with van der Waals surface area (Å²) >= 11 is 0. The number of rotatable bonds is 1. The minimum absolute atomic E-state index is 0.539. The van der Waals surface area contributed by atoms with E-state index in [4.69, 9.17) is 10.2 Å². The maximum absolute atomic E-state index is 10.5. The molecule has 1 rings (SSSR count). The van der Waals surface area contributed by atoms with Gasteiger partial charge in [0.15, 0.2) is 0 Å². The highest BCUT2D eigenvalue weighted by Crippen LogP contribution is 2.16. The van der Waals surface area contributed by atoms with Gasteiger partial charge in [-0.1, -0.05) is 0 Å². The van der Waals surface area contributed by atoms with E-state index in [2.05, 4.69) is 9.47 Å². The van der Waals surface area contributed by atoms with Gasteiger partial charge in [0.05, 0.1) is 0 Å². The standard InChI is InChI=1S/C5H6O6/c6-2-5(9)10-3(7)1-4(8)11-5/h6,9H,1-2H2. The smallest absolute Gasteiger partial charge is 0.396 e. The molecule has 0 spiro atoms. The van der Waals surface area contributed by atoms with Gasteiger partial charge in [-0.05, 0) is 0 Å². The Morgan fingerprint density at radius 3 is 2.18 bits per heavy atom. The van der Waals surface area contributed by atoms with Crippen molar-refractivity contribution in [1.82, 2.24) is 0 Å². The minimum Gasteiger partial charge on any atom is -0.396 e.